The van der Waals surface area contributed by atoms with E-state index in [9.17, 15) is 5.11 Å². The van der Waals surface area contributed by atoms with Gasteiger partial charge in [-0.25, -0.2) is 4.98 Å². The van der Waals surface area contributed by atoms with Gasteiger partial charge >= 0.3 is 0 Å². The number of fused-ring (bicyclic) bond motifs is 1. The number of likely N-dealkylation sites (tertiary alicyclic amines) is 1. The molecule has 174 valence electrons. The van der Waals surface area contributed by atoms with Gasteiger partial charge in [-0.05, 0) is 110 Å². The van der Waals surface area contributed by atoms with Crippen molar-refractivity contribution in [2.24, 2.45) is 23.2 Å². The summed E-state index contributed by atoms with van der Waals surface area (Å²) in [5.74, 6) is 3.77. The molecule has 2 bridgehead atoms. The number of phenolic OH excluding ortho intramolecular Hbond substituents is 1. The second kappa shape index (κ2) is 6.97. The smallest absolute Gasteiger partial charge is 0.128 e. The molecule has 1 aliphatic heterocycles. The van der Waals surface area contributed by atoms with E-state index in [1.807, 2.05) is 18.3 Å². The zero-order chi connectivity index (χ0) is 22.4. The average Bonchev–Trinajstić information content (AvgIpc) is 3.55. The highest BCUT2D eigenvalue weighted by Gasteiger charge is 2.73. The first-order chi connectivity index (χ1) is 16.0. The molecule has 3 saturated carbocycles. The second-order valence-corrected chi connectivity index (χ2v) is 11.9. The molecule has 5 aliphatic rings. The largest absolute Gasteiger partial charge is 0.508 e. The molecule has 0 radical (unpaired) electrons. The van der Waals surface area contributed by atoms with E-state index in [-0.39, 0.29) is 5.41 Å². The molecule has 1 aromatic carbocycles. The summed E-state index contributed by atoms with van der Waals surface area (Å²) < 4.78 is 0. The Morgan fingerprint density at radius 1 is 1.12 bits per heavy atom. The van der Waals surface area contributed by atoms with Gasteiger partial charge in [-0.3, -0.25) is 4.90 Å². The van der Waals surface area contributed by atoms with Crippen LogP contribution in [0.3, 0.4) is 0 Å². The van der Waals surface area contributed by atoms with Gasteiger partial charge in [-0.1, -0.05) is 12.1 Å². The molecule has 1 saturated heterocycles. The van der Waals surface area contributed by atoms with Crippen LogP contribution in [0.15, 0.2) is 42.6 Å². The Morgan fingerprint density at radius 3 is 2.76 bits per heavy atom. The molecule has 4 aliphatic carbocycles. The van der Waals surface area contributed by atoms with Gasteiger partial charge in [0, 0.05) is 43.8 Å². The standard InChI is InChI=1S/C29H37N3O/c1-19-28-12-10-24(26(11-13-28)31(2)27-5-3-4-14-30-27)29(28)22(18-32(19)17-20-6-7-20)15-21-8-9-23(33)16-25(21)29/h3-5,8-9,14,16,19-20,22,24,26,33H,6-7,10-13,15,17-18H2,1-2H3. The Bertz CT molecular complexity index is 1070. The first-order valence-electron chi connectivity index (χ1n) is 13.2. The van der Waals surface area contributed by atoms with E-state index in [0.717, 1.165) is 11.7 Å². The first-order valence-corrected chi connectivity index (χ1v) is 13.2. The monoisotopic (exact) mass is 443 g/mol. The fourth-order valence-electron chi connectivity index (χ4n) is 9.43. The molecule has 1 spiro atoms. The van der Waals surface area contributed by atoms with Crippen molar-refractivity contribution in [1.29, 1.82) is 0 Å². The Labute approximate surface area is 198 Å². The van der Waals surface area contributed by atoms with E-state index in [0.29, 0.717) is 35.1 Å². The molecule has 4 nitrogen and oxygen atoms in total. The van der Waals surface area contributed by atoms with Crippen LogP contribution in [-0.2, 0) is 11.8 Å². The lowest BCUT2D eigenvalue weighted by Crippen LogP contribution is -2.69. The van der Waals surface area contributed by atoms with Crippen LogP contribution in [0.4, 0.5) is 5.82 Å². The second-order valence-electron chi connectivity index (χ2n) is 11.9. The van der Waals surface area contributed by atoms with Crippen LogP contribution in [0.5, 0.6) is 5.75 Å². The quantitative estimate of drug-likeness (QED) is 0.721. The molecular weight excluding hydrogens is 406 g/mol. The fourth-order valence-corrected chi connectivity index (χ4v) is 9.43. The van der Waals surface area contributed by atoms with Crippen molar-refractivity contribution in [2.45, 2.75) is 69.4 Å². The highest BCUT2D eigenvalue weighted by Crippen LogP contribution is 2.74. The molecule has 1 aromatic heterocycles. The lowest BCUT2D eigenvalue weighted by atomic mass is 9.45. The summed E-state index contributed by atoms with van der Waals surface area (Å²) in [6.07, 6.45) is 11.1. The topological polar surface area (TPSA) is 39.6 Å². The van der Waals surface area contributed by atoms with Gasteiger partial charge in [0.15, 0.2) is 0 Å². The molecule has 4 heteroatoms. The summed E-state index contributed by atoms with van der Waals surface area (Å²) >= 11 is 0. The van der Waals surface area contributed by atoms with Gasteiger partial charge < -0.3 is 10.0 Å². The number of hydrogen-bond donors (Lipinski definition) is 1. The zero-order valence-corrected chi connectivity index (χ0v) is 20.1. The minimum Gasteiger partial charge on any atom is -0.508 e. The number of benzene rings is 1. The predicted octanol–water partition coefficient (Wildman–Crippen LogP) is 5.01. The lowest BCUT2D eigenvalue weighted by molar-refractivity contribution is -0.106. The van der Waals surface area contributed by atoms with E-state index >= 15 is 0 Å². The van der Waals surface area contributed by atoms with Crippen LogP contribution in [0.25, 0.3) is 0 Å². The van der Waals surface area contributed by atoms with Crippen molar-refractivity contribution >= 4 is 5.82 Å². The number of hydrogen-bond acceptors (Lipinski definition) is 4. The number of rotatable bonds is 4. The zero-order valence-electron chi connectivity index (χ0n) is 20.1. The number of nitrogens with zero attached hydrogens (tertiary/aromatic N) is 3. The maximum atomic E-state index is 10.6. The fraction of sp³-hybridized carbons (Fsp3) is 0.621. The Hall–Kier alpha value is -2.07. The summed E-state index contributed by atoms with van der Waals surface area (Å²) in [4.78, 5) is 10.1. The third kappa shape index (κ3) is 2.59. The van der Waals surface area contributed by atoms with Crippen LogP contribution in [0.1, 0.15) is 56.6 Å². The molecule has 2 aromatic rings. The van der Waals surface area contributed by atoms with Crippen LogP contribution < -0.4 is 4.90 Å². The minimum absolute atomic E-state index is 0.187. The summed E-state index contributed by atoms with van der Waals surface area (Å²) in [7, 11) is 2.27. The van der Waals surface area contributed by atoms with E-state index in [2.05, 4.69) is 48.0 Å². The number of anilines is 1. The summed E-state index contributed by atoms with van der Waals surface area (Å²) in [5.41, 5.74) is 3.53. The van der Waals surface area contributed by atoms with Gasteiger partial charge in [0.25, 0.3) is 0 Å². The van der Waals surface area contributed by atoms with Crippen LogP contribution in [-0.4, -0.2) is 47.2 Å². The number of phenols is 1. The SMILES string of the molecule is CC1N(CC2CC2)CC2Cc3ccc(O)cc3C23C2CCC13CCC2N(C)c1ccccn1. The summed E-state index contributed by atoms with van der Waals surface area (Å²) in [6, 6.07) is 13.8. The molecule has 4 fully saturated rings. The van der Waals surface area contributed by atoms with Gasteiger partial charge in [0.2, 0.25) is 0 Å². The van der Waals surface area contributed by atoms with Gasteiger partial charge in [-0.15, -0.1) is 0 Å². The average molecular weight is 444 g/mol. The van der Waals surface area contributed by atoms with Gasteiger partial charge in [0.1, 0.15) is 11.6 Å². The normalized spacial score (nSPS) is 39.1. The van der Waals surface area contributed by atoms with Crippen molar-refractivity contribution in [3.05, 3.63) is 53.7 Å². The molecular formula is C29H37N3O. The van der Waals surface area contributed by atoms with E-state index < -0.39 is 0 Å². The molecule has 2 heterocycles. The van der Waals surface area contributed by atoms with E-state index in [1.165, 1.54) is 69.2 Å². The van der Waals surface area contributed by atoms with Gasteiger partial charge in [0.05, 0.1) is 0 Å². The molecule has 33 heavy (non-hydrogen) atoms. The number of aromatic nitrogens is 1. The summed E-state index contributed by atoms with van der Waals surface area (Å²) in [5, 5.41) is 10.6. The number of aromatic hydroxyl groups is 1. The Morgan fingerprint density at radius 2 is 1.97 bits per heavy atom. The molecule has 6 unspecified atom stereocenters. The van der Waals surface area contributed by atoms with Crippen LogP contribution >= 0.6 is 0 Å². The minimum atomic E-state index is 0.187. The van der Waals surface area contributed by atoms with Gasteiger partial charge in [-0.2, -0.15) is 0 Å². The van der Waals surface area contributed by atoms with Crippen molar-refractivity contribution in [1.82, 2.24) is 9.88 Å². The highest BCUT2D eigenvalue weighted by atomic mass is 16.3. The van der Waals surface area contributed by atoms with Crippen LogP contribution in [0, 0.1) is 23.2 Å². The molecule has 6 atom stereocenters. The van der Waals surface area contributed by atoms with Crippen molar-refractivity contribution in [2.75, 3.05) is 25.0 Å². The molecule has 0 amide bonds. The number of pyridine rings is 1. The third-order valence-electron chi connectivity index (χ3n) is 10.8. The van der Waals surface area contributed by atoms with E-state index in [1.54, 1.807) is 0 Å². The highest BCUT2D eigenvalue weighted by molar-refractivity contribution is 5.52. The van der Waals surface area contributed by atoms with Crippen molar-refractivity contribution in [3.63, 3.8) is 0 Å². The first kappa shape index (κ1) is 20.3. The van der Waals surface area contributed by atoms with E-state index in [4.69, 9.17) is 4.98 Å². The maximum Gasteiger partial charge on any atom is 0.128 e. The van der Waals surface area contributed by atoms with Crippen LogP contribution in [0.2, 0.25) is 0 Å². The predicted molar refractivity (Wildman–Crippen MR) is 132 cm³/mol. The lowest BCUT2D eigenvalue weighted by Gasteiger charge is -2.65. The van der Waals surface area contributed by atoms with Crippen molar-refractivity contribution in [3.8, 4) is 5.75 Å². The number of piperidine rings is 1. The summed E-state index contributed by atoms with van der Waals surface area (Å²) in [6.45, 7) is 5.09. The van der Waals surface area contributed by atoms with Crippen molar-refractivity contribution < 1.29 is 5.11 Å². The molecule has 7 rings (SSSR count). The third-order valence-corrected chi connectivity index (χ3v) is 10.8. The molecule has 1 N–H and O–H groups in total. The Balaban J connectivity index is 1.37. The Kier molecular flexibility index (Phi) is 4.29. The maximum absolute atomic E-state index is 10.6.